The molecule has 2 rings (SSSR count). The van der Waals surface area contributed by atoms with Gasteiger partial charge in [-0.3, -0.25) is 0 Å². The number of nitrogens with zero attached hydrogens (tertiary/aromatic N) is 2. The lowest BCUT2D eigenvalue weighted by molar-refractivity contribution is 0.0690. The number of pyridine rings is 1. The standard InChI is InChI=1S/C14H20N2O2S/c1-3-14(4-2)10-16(8-9-19-14)12-7-5-6-11(15-12)13(17)18/h5-7H,3-4,8-10H2,1-2H3,(H,17,18). The fourth-order valence-electron chi connectivity index (χ4n) is 2.44. The summed E-state index contributed by atoms with van der Waals surface area (Å²) in [5.41, 5.74) is 0.120. The zero-order valence-corrected chi connectivity index (χ0v) is 12.2. The van der Waals surface area contributed by atoms with E-state index >= 15 is 0 Å². The summed E-state index contributed by atoms with van der Waals surface area (Å²) in [4.78, 5) is 17.5. The molecule has 0 radical (unpaired) electrons. The van der Waals surface area contributed by atoms with E-state index in [1.165, 1.54) is 6.07 Å². The van der Waals surface area contributed by atoms with Crippen molar-refractivity contribution in [3.63, 3.8) is 0 Å². The van der Waals surface area contributed by atoms with E-state index < -0.39 is 5.97 Å². The maximum Gasteiger partial charge on any atom is 0.354 e. The van der Waals surface area contributed by atoms with Gasteiger partial charge in [-0.05, 0) is 25.0 Å². The molecule has 1 N–H and O–H groups in total. The van der Waals surface area contributed by atoms with Crippen LogP contribution in [0.4, 0.5) is 5.82 Å². The van der Waals surface area contributed by atoms with Crippen LogP contribution in [0, 0.1) is 0 Å². The molecule has 5 heteroatoms. The Bertz CT molecular complexity index is 461. The second kappa shape index (κ2) is 5.82. The highest BCUT2D eigenvalue weighted by atomic mass is 32.2. The molecule has 1 fully saturated rings. The van der Waals surface area contributed by atoms with E-state index in [4.69, 9.17) is 5.11 Å². The minimum absolute atomic E-state index is 0.120. The van der Waals surface area contributed by atoms with Crippen LogP contribution in [0.25, 0.3) is 0 Å². The van der Waals surface area contributed by atoms with Crippen LogP contribution < -0.4 is 4.90 Å². The van der Waals surface area contributed by atoms with E-state index in [2.05, 4.69) is 23.7 Å². The van der Waals surface area contributed by atoms with Gasteiger partial charge in [-0.15, -0.1) is 0 Å². The Labute approximate surface area is 118 Å². The molecule has 0 aromatic carbocycles. The van der Waals surface area contributed by atoms with Gasteiger partial charge in [-0.2, -0.15) is 11.8 Å². The third-order valence-electron chi connectivity index (χ3n) is 3.81. The first kappa shape index (κ1) is 14.2. The molecule has 19 heavy (non-hydrogen) atoms. The highest BCUT2D eigenvalue weighted by Gasteiger charge is 2.33. The van der Waals surface area contributed by atoms with Crippen LogP contribution in [0.2, 0.25) is 0 Å². The van der Waals surface area contributed by atoms with Crippen molar-refractivity contribution in [1.82, 2.24) is 4.98 Å². The summed E-state index contributed by atoms with van der Waals surface area (Å²) in [5.74, 6) is 0.887. The van der Waals surface area contributed by atoms with Gasteiger partial charge in [-0.25, -0.2) is 9.78 Å². The lowest BCUT2D eigenvalue weighted by atomic mass is 10.0. The Morgan fingerprint density at radius 1 is 1.47 bits per heavy atom. The fourth-order valence-corrected chi connectivity index (χ4v) is 3.84. The first-order chi connectivity index (χ1) is 9.10. The molecule has 0 spiro atoms. The average Bonchev–Trinajstić information content (AvgIpc) is 2.47. The Kier molecular flexibility index (Phi) is 4.34. The first-order valence-corrected chi connectivity index (χ1v) is 7.68. The number of aromatic nitrogens is 1. The minimum atomic E-state index is -0.967. The summed E-state index contributed by atoms with van der Waals surface area (Å²) in [6.45, 7) is 6.32. The quantitative estimate of drug-likeness (QED) is 0.919. The zero-order chi connectivity index (χ0) is 13.9. The number of hydrogen-bond acceptors (Lipinski definition) is 4. The highest BCUT2D eigenvalue weighted by molar-refractivity contribution is 8.00. The number of hydrogen-bond donors (Lipinski definition) is 1. The van der Waals surface area contributed by atoms with E-state index in [1.54, 1.807) is 6.07 Å². The number of carbonyl (C=O) groups is 1. The summed E-state index contributed by atoms with van der Waals surface area (Å²) in [6, 6.07) is 5.21. The van der Waals surface area contributed by atoms with Crippen LogP contribution >= 0.6 is 11.8 Å². The van der Waals surface area contributed by atoms with Crippen LogP contribution in [-0.4, -0.2) is 39.6 Å². The van der Waals surface area contributed by atoms with E-state index in [1.807, 2.05) is 17.8 Å². The lowest BCUT2D eigenvalue weighted by Gasteiger charge is -2.42. The van der Waals surface area contributed by atoms with Crippen molar-refractivity contribution in [2.24, 2.45) is 0 Å². The number of carboxylic acid groups (broad SMARTS) is 1. The summed E-state index contributed by atoms with van der Waals surface area (Å²) < 4.78 is 0.277. The van der Waals surface area contributed by atoms with Gasteiger partial charge in [0.05, 0.1) is 0 Å². The van der Waals surface area contributed by atoms with Gasteiger partial charge in [0.25, 0.3) is 0 Å². The number of anilines is 1. The highest BCUT2D eigenvalue weighted by Crippen LogP contribution is 2.37. The number of rotatable bonds is 4. The maximum atomic E-state index is 11.0. The second-order valence-corrected chi connectivity index (χ2v) is 6.41. The van der Waals surface area contributed by atoms with Gasteiger partial charge < -0.3 is 10.0 Å². The molecule has 4 nitrogen and oxygen atoms in total. The van der Waals surface area contributed by atoms with Gasteiger partial charge in [0.2, 0.25) is 0 Å². The molecule has 1 aromatic heterocycles. The second-order valence-electron chi connectivity index (χ2n) is 4.85. The fraction of sp³-hybridized carbons (Fsp3) is 0.571. The van der Waals surface area contributed by atoms with Gasteiger partial charge in [-0.1, -0.05) is 19.9 Å². The van der Waals surface area contributed by atoms with E-state index in [-0.39, 0.29) is 10.4 Å². The molecule has 0 aliphatic carbocycles. The predicted molar refractivity (Wildman–Crippen MR) is 79.2 cm³/mol. The number of aromatic carboxylic acids is 1. The molecular weight excluding hydrogens is 260 g/mol. The van der Waals surface area contributed by atoms with Crippen molar-refractivity contribution in [1.29, 1.82) is 0 Å². The Balaban J connectivity index is 2.22. The molecule has 1 aromatic rings. The van der Waals surface area contributed by atoms with Crippen LogP contribution in [0.1, 0.15) is 37.2 Å². The SMILES string of the molecule is CCC1(CC)CN(c2cccc(C(=O)O)n2)CCS1. The predicted octanol–water partition coefficient (Wildman–Crippen LogP) is 2.89. The van der Waals surface area contributed by atoms with Crippen molar-refractivity contribution in [2.75, 3.05) is 23.7 Å². The lowest BCUT2D eigenvalue weighted by Crippen LogP contribution is -2.46. The van der Waals surface area contributed by atoms with Crippen molar-refractivity contribution in [3.05, 3.63) is 23.9 Å². The Morgan fingerprint density at radius 2 is 2.21 bits per heavy atom. The molecule has 0 amide bonds. The van der Waals surface area contributed by atoms with Crippen LogP contribution in [0.15, 0.2) is 18.2 Å². The third kappa shape index (κ3) is 3.03. The van der Waals surface area contributed by atoms with Gasteiger partial charge in [0.1, 0.15) is 5.82 Å². The topological polar surface area (TPSA) is 53.4 Å². The molecule has 0 bridgehead atoms. The van der Waals surface area contributed by atoms with Gasteiger partial charge >= 0.3 is 5.97 Å². The van der Waals surface area contributed by atoms with Gasteiger partial charge in [0.15, 0.2) is 5.69 Å². The summed E-state index contributed by atoms with van der Waals surface area (Å²) in [7, 11) is 0. The third-order valence-corrected chi connectivity index (χ3v) is 5.52. The molecule has 0 saturated carbocycles. The maximum absolute atomic E-state index is 11.0. The molecule has 1 saturated heterocycles. The molecule has 104 valence electrons. The summed E-state index contributed by atoms with van der Waals surface area (Å²) >= 11 is 2.03. The Hall–Kier alpha value is -1.23. The molecular formula is C14H20N2O2S. The zero-order valence-electron chi connectivity index (χ0n) is 11.4. The number of thioether (sulfide) groups is 1. The Morgan fingerprint density at radius 3 is 2.84 bits per heavy atom. The molecule has 1 aliphatic rings. The smallest absolute Gasteiger partial charge is 0.354 e. The monoisotopic (exact) mass is 280 g/mol. The molecule has 1 aliphatic heterocycles. The van der Waals surface area contributed by atoms with Crippen molar-refractivity contribution < 1.29 is 9.90 Å². The van der Waals surface area contributed by atoms with Crippen molar-refractivity contribution in [2.45, 2.75) is 31.4 Å². The molecule has 0 atom stereocenters. The summed E-state index contributed by atoms with van der Waals surface area (Å²) in [5, 5.41) is 9.02. The van der Waals surface area contributed by atoms with Crippen molar-refractivity contribution in [3.8, 4) is 0 Å². The minimum Gasteiger partial charge on any atom is -0.477 e. The number of carboxylic acids is 1. The first-order valence-electron chi connectivity index (χ1n) is 6.69. The van der Waals surface area contributed by atoms with Crippen LogP contribution in [-0.2, 0) is 0 Å². The van der Waals surface area contributed by atoms with E-state index in [0.717, 1.165) is 37.5 Å². The average molecular weight is 280 g/mol. The van der Waals surface area contributed by atoms with Crippen molar-refractivity contribution >= 4 is 23.5 Å². The largest absolute Gasteiger partial charge is 0.477 e. The van der Waals surface area contributed by atoms with Gasteiger partial charge in [0, 0.05) is 23.6 Å². The normalized spacial score (nSPS) is 18.3. The van der Waals surface area contributed by atoms with Crippen LogP contribution in [0.5, 0.6) is 0 Å². The van der Waals surface area contributed by atoms with Crippen LogP contribution in [0.3, 0.4) is 0 Å². The van der Waals surface area contributed by atoms with E-state index in [0.29, 0.717) is 0 Å². The van der Waals surface area contributed by atoms with E-state index in [9.17, 15) is 4.79 Å². The summed E-state index contributed by atoms with van der Waals surface area (Å²) in [6.07, 6.45) is 2.26. The molecule has 2 heterocycles. The molecule has 0 unspecified atom stereocenters.